The highest BCUT2D eigenvalue weighted by Gasteiger charge is 1.98. The van der Waals surface area contributed by atoms with Crippen LogP contribution in [-0.2, 0) is 23.9 Å². The lowest BCUT2D eigenvalue weighted by Gasteiger charge is -2.00. The van der Waals surface area contributed by atoms with Gasteiger partial charge in [-0.05, 0) is 13.8 Å². The Bertz CT molecular complexity index is 330. The lowest BCUT2D eigenvalue weighted by Crippen LogP contribution is -2.09. The molecule has 0 rings (SSSR count). The molecule has 0 amide bonds. The van der Waals surface area contributed by atoms with Crippen molar-refractivity contribution in [2.24, 2.45) is 0 Å². The van der Waals surface area contributed by atoms with E-state index in [1.54, 1.807) is 13.8 Å². The van der Waals surface area contributed by atoms with Crippen molar-refractivity contribution in [1.82, 2.24) is 0 Å². The van der Waals surface area contributed by atoms with Crippen molar-refractivity contribution in [1.29, 1.82) is 0 Å². The Hall–Kier alpha value is -2.37. The molecule has 0 heterocycles. The first kappa shape index (κ1) is 19.0. The van der Waals surface area contributed by atoms with E-state index < -0.39 is 17.9 Å². The quantitative estimate of drug-likeness (QED) is 0.343. The maximum atomic E-state index is 10.7. The Balaban J connectivity index is 0. The summed E-state index contributed by atoms with van der Waals surface area (Å²) in [6.45, 7) is 6.24. The van der Waals surface area contributed by atoms with Gasteiger partial charge in [0.1, 0.15) is 0 Å². The summed E-state index contributed by atoms with van der Waals surface area (Å²) < 4.78 is 8.99. The van der Waals surface area contributed by atoms with Crippen LogP contribution in [-0.4, -0.2) is 29.8 Å². The number of carbonyl (C=O) groups is 3. The summed E-state index contributed by atoms with van der Waals surface area (Å²) in [6, 6.07) is 0. The van der Waals surface area contributed by atoms with Gasteiger partial charge < -0.3 is 14.6 Å². The van der Waals surface area contributed by atoms with Gasteiger partial charge >= 0.3 is 17.9 Å². The van der Waals surface area contributed by atoms with Gasteiger partial charge in [-0.15, -0.1) is 6.58 Å². The summed E-state index contributed by atoms with van der Waals surface area (Å²) in [5, 5.41) is 7.84. The fraction of sp³-hybridized carbons (Fsp3) is 0.308. The standard InChI is InChI=1S/C9H12O4.C4H6O2/c1-3-5-8(10)12-7-13-9(11)6-4-2;1-2-3-4(5)6/h3-6H,7H2,1-2H3;2H,1,3H2,(H,5,6). The number of rotatable bonds is 6. The summed E-state index contributed by atoms with van der Waals surface area (Å²) in [5.74, 6) is -1.89. The topological polar surface area (TPSA) is 89.9 Å². The lowest BCUT2D eigenvalue weighted by atomic mass is 10.4. The second kappa shape index (κ2) is 13.7. The van der Waals surface area contributed by atoms with Crippen LogP contribution in [0.3, 0.4) is 0 Å². The second-order valence-corrected chi connectivity index (χ2v) is 2.93. The molecule has 0 atom stereocenters. The van der Waals surface area contributed by atoms with Crippen LogP contribution in [0, 0.1) is 0 Å². The van der Waals surface area contributed by atoms with Gasteiger partial charge in [0, 0.05) is 12.2 Å². The third kappa shape index (κ3) is 18.2. The number of ether oxygens (including phenoxy) is 2. The van der Waals surface area contributed by atoms with Gasteiger partial charge in [-0.25, -0.2) is 9.59 Å². The first-order valence-electron chi connectivity index (χ1n) is 5.39. The molecule has 0 aromatic rings. The molecule has 1 N–H and O–H groups in total. The van der Waals surface area contributed by atoms with Gasteiger partial charge in [-0.2, -0.15) is 0 Å². The van der Waals surface area contributed by atoms with Gasteiger partial charge in [0.25, 0.3) is 0 Å². The Kier molecular flexibility index (Phi) is 13.7. The van der Waals surface area contributed by atoms with E-state index in [1.807, 2.05) is 0 Å². The predicted octanol–water partition coefficient (Wildman–Crippen LogP) is 1.83. The van der Waals surface area contributed by atoms with E-state index in [0.29, 0.717) is 0 Å². The maximum absolute atomic E-state index is 10.7. The average molecular weight is 270 g/mol. The van der Waals surface area contributed by atoms with Gasteiger partial charge in [0.2, 0.25) is 6.79 Å². The van der Waals surface area contributed by atoms with Gasteiger partial charge in [0.05, 0.1) is 6.42 Å². The smallest absolute Gasteiger partial charge is 0.333 e. The molecule has 0 aliphatic rings. The lowest BCUT2D eigenvalue weighted by molar-refractivity contribution is -0.160. The predicted molar refractivity (Wildman–Crippen MR) is 69.1 cm³/mol. The molecule has 6 heteroatoms. The molecule has 0 saturated carbocycles. The molecule has 106 valence electrons. The van der Waals surface area contributed by atoms with Crippen LogP contribution in [0.5, 0.6) is 0 Å². The second-order valence-electron chi connectivity index (χ2n) is 2.93. The minimum absolute atomic E-state index is 0.0556. The summed E-state index contributed by atoms with van der Waals surface area (Å²) in [5.41, 5.74) is 0. The van der Waals surface area contributed by atoms with Gasteiger partial charge in [0.15, 0.2) is 0 Å². The molecule has 0 saturated heterocycles. The SMILES string of the molecule is C=CCC(=O)O.CC=CC(=O)OCOC(=O)C=CC. The Morgan fingerprint density at radius 2 is 1.47 bits per heavy atom. The van der Waals surface area contributed by atoms with Crippen molar-refractivity contribution < 1.29 is 29.0 Å². The van der Waals surface area contributed by atoms with Crippen LogP contribution in [0.15, 0.2) is 37.0 Å². The molecule has 0 bridgehead atoms. The molecule has 6 nitrogen and oxygen atoms in total. The van der Waals surface area contributed by atoms with Crippen molar-refractivity contribution in [3.63, 3.8) is 0 Å². The van der Waals surface area contributed by atoms with Crippen molar-refractivity contribution in [2.45, 2.75) is 20.3 Å². The summed E-state index contributed by atoms with van der Waals surface area (Å²) in [7, 11) is 0. The fourth-order valence-corrected chi connectivity index (χ4v) is 0.637. The van der Waals surface area contributed by atoms with Crippen LogP contribution in [0.25, 0.3) is 0 Å². The number of carbonyl (C=O) groups excluding carboxylic acids is 2. The molecule has 0 aromatic heterocycles. The highest BCUT2D eigenvalue weighted by molar-refractivity contribution is 5.83. The van der Waals surface area contributed by atoms with E-state index in [4.69, 9.17) is 5.11 Å². The summed E-state index contributed by atoms with van der Waals surface area (Å²) in [6.07, 6.45) is 6.96. The van der Waals surface area contributed by atoms with Crippen molar-refractivity contribution >= 4 is 17.9 Å². The van der Waals surface area contributed by atoms with Gasteiger partial charge in [-0.3, -0.25) is 4.79 Å². The molecule has 19 heavy (non-hydrogen) atoms. The molecule has 0 radical (unpaired) electrons. The Labute approximate surface area is 112 Å². The number of esters is 2. The first-order chi connectivity index (χ1) is 8.97. The zero-order valence-electron chi connectivity index (χ0n) is 11.0. The average Bonchev–Trinajstić information content (AvgIpc) is 2.30. The molecular weight excluding hydrogens is 252 g/mol. The molecule has 0 aromatic carbocycles. The van der Waals surface area contributed by atoms with Crippen LogP contribution in [0.2, 0.25) is 0 Å². The molecule has 0 fully saturated rings. The number of carboxylic acids is 1. The van der Waals surface area contributed by atoms with E-state index >= 15 is 0 Å². The van der Waals surface area contributed by atoms with Crippen molar-refractivity contribution in [3.8, 4) is 0 Å². The number of allylic oxidation sites excluding steroid dienone is 2. The highest BCUT2D eigenvalue weighted by Crippen LogP contribution is 1.85. The van der Waals surface area contributed by atoms with Crippen LogP contribution in [0.4, 0.5) is 0 Å². The monoisotopic (exact) mass is 270 g/mol. The molecule has 0 spiro atoms. The van der Waals surface area contributed by atoms with Gasteiger partial charge in [-0.1, -0.05) is 18.2 Å². The third-order valence-electron chi connectivity index (χ3n) is 1.33. The van der Waals surface area contributed by atoms with E-state index in [9.17, 15) is 14.4 Å². The zero-order valence-corrected chi connectivity index (χ0v) is 11.0. The zero-order chi connectivity index (χ0) is 15.1. The van der Waals surface area contributed by atoms with E-state index in [0.717, 1.165) is 0 Å². The van der Waals surface area contributed by atoms with Crippen molar-refractivity contribution in [3.05, 3.63) is 37.0 Å². The van der Waals surface area contributed by atoms with E-state index in [-0.39, 0.29) is 13.2 Å². The van der Waals surface area contributed by atoms with Crippen LogP contribution in [0.1, 0.15) is 20.3 Å². The largest absolute Gasteiger partial charge is 0.481 e. The molecular formula is C13H18O6. The van der Waals surface area contributed by atoms with E-state index in [1.165, 1.54) is 30.4 Å². The summed E-state index contributed by atoms with van der Waals surface area (Å²) in [4.78, 5) is 30.9. The first-order valence-corrected chi connectivity index (χ1v) is 5.39. The third-order valence-corrected chi connectivity index (χ3v) is 1.33. The van der Waals surface area contributed by atoms with Crippen LogP contribution >= 0.6 is 0 Å². The van der Waals surface area contributed by atoms with Crippen molar-refractivity contribution in [2.75, 3.05) is 6.79 Å². The minimum atomic E-state index is -0.829. The number of hydrogen-bond acceptors (Lipinski definition) is 5. The Morgan fingerprint density at radius 3 is 1.68 bits per heavy atom. The van der Waals surface area contributed by atoms with E-state index in [2.05, 4.69) is 16.1 Å². The number of hydrogen-bond donors (Lipinski definition) is 1. The molecule has 0 aliphatic carbocycles. The highest BCUT2D eigenvalue weighted by atomic mass is 16.7. The molecule has 0 aliphatic heterocycles. The normalized spacial score (nSPS) is 9.58. The Morgan fingerprint density at radius 1 is 1.05 bits per heavy atom. The summed E-state index contributed by atoms with van der Waals surface area (Å²) >= 11 is 0. The minimum Gasteiger partial charge on any atom is -0.481 e. The number of aliphatic carboxylic acids is 1. The molecule has 0 unspecified atom stereocenters. The number of carboxylic acid groups (broad SMARTS) is 1. The fourth-order valence-electron chi connectivity index (χ4n) is 0.637. The maximum Gasteiger partial charge on any atom is 0.333 e. The van der Waals surface area contributed by atoms with Crippen LogP contribution < -0.4 is 0 Å².